The smallest absolute Gasteiger partial charge is 0.321 e. The van der Waals surface area contributed by atoms with Gasteiger partial charge < -0.3 is 15.0 Å². The number of nitrogens with one attached hydrogen (secondary N) is 2. The number of aromatic nitrogens is 3. The highest BCUT2D eigenvalue weighted by Gasteiger charge is 2.49. The van der Waals surface area contributed by atoms with E-state index in [1.807, 2.05) is 0 Å². The van der Waals surface area contributed by atoms with Gasteiger partial charge in [0.15, 0.2) is 5.65 Å². The molecular weight excluding hydrogens is 350 g/mol. The Morgan fingerprint density at radius 2 is 2.19 bits per heavy atom. The minimum Gasteiger partial charge on any atom is -0.373 e. The van der Waals surface area contributed by atoms with Crippen LogP contribution < -0.4 is 15.5 Å². The minimum atomic E-state index is -3.00. The van der Waals surface area contributed by atoms with Crippen LogP contribution in [0.15, 0.2) is 18.5 Å². The van der Waals surface area contributed by atoms with Gasteiger partial charge in [0.25, 0.3) is 5.92 Å². The van der Waals surface area contributed by atoms with E-state index in [4.69, 9.17) is 4.74 Å². The van der Waals surface area contributed by atoms with Crippen molar-refractivity contribution in [3.8, 4) is 0 Å². The van der Waals surface area contributed by atoms with Crippen molar-refractivity contribution in [3.63, 3.8) is 0 Å². The third kappa shape index (κ3) is 2.64. The Labute approximate surface area is 146 Å². The number of methoxy groups -OCH3 is 1. The molecule has 3 amide bonds. The Kier molecular flexibility index (Phi) is 3.75. The number of hydrogen-bond donors (Lipinski definition) is 2. The highest BCUT2D eigenvalue weighted by Crippen LogP contribution is 2.35. The van der Waals surface area contributed by atoms with E-state index in [2.05, 4.69) is 20.7 Å². The van der Waals surface area contributed by atoms with Crippen LogP contribution in [0.5, 0.6) is 0 Å². The van der Waals surface area contributed by atoms with E-state index < -0.39 is 36.4 Å². The number of carbonyl (C=O) groups is 2. The van der Waals surface area contributed by atoms with Crippen LogP contribution in [0.2, 0.25) is 0 Å². The molecule has 2 unspecified atom stereocenters. The number of imidazole rings is 1. The van der Waals surface area contributed by atoms with Crippen molar-refractivity contribution >= 4 is 23.3 Å². The maximum absolute atomic E-state index is 14.1. The lowest BCUT2D eigenvalue weighted by Crippen LogP contribution is -2.51. The van der Waals surface area contributed by atoms with E-state index in [0.717, 1.165) is 0 Å². The first-order valence-electron chi connectivity index (χ1n) is 7.97. The summed E-state index contributed by atoms with van der Waals surface area (Å²) in [6.07, 6.45) is 1.84. The van der Waals surface area contributed by atoms with Gasteiger partial charge in [-0.2, -0.15) is 5.10 Å². The minimum absolute atomic E-state index is 0.0108. The zero-order valence-corrected chi connectivity index (χ0v) is 13.8. The van der Waals surface area contributed by atoms with E-state index in [0.29, 0.717) is 17.0 Å². The van der Waals surface area contributed by atoms with Gasteiger partial charge in [0.05, 0.1) is 30.4 Å². The topological polar surface area (TPSA) is 101 Å². The molecule has 4 heterocycles. The van der Waals surface area contributed by atoms with E-state index in [1.54, 1.807) is 12.3 Å². The predicted molar refractivity (Wildman–Crippen MR) is 85.2 cm³/mol. The fraction of sp³-hybridized carbons (Fsp3) is 0.467. The molecule has 2 atom stereocenters. The Bertz CT molecular complexity index is 885. The van der Waals surface area contributed by atoms with Gasteiger partial charge in [-0.15, -0.1) is 0 Å². The van der Waals surface area contributed by atoms with Crippen molar-refractivity contribution in [3.05, 3.63) is 24.2 Å². The average Bonchev–Trinajstić information content (AvgIpc) is 3.17. The molecule has 0 bridgehead atoms. The van der Waals surface area contributed by atoms with Gasteiger partial charge in [-0.1, -0.05) is 0 Å². The van der Waals surface area contributed by atoms with E-state index in [9.17, 15) is 18.4 Å². The third-order valence-electron chi connectivity index (χ3n) is 4.62. The molecule has 0 radical (unpaired) electrons. The molecule has 2 fully saturated rings. The fourth-order valence-corrected chi connectivity index (χ4v) is 3.28. The lowest BCUT2D eigenvalue weighted by molar-refractivity contribution is -0.122. The SMILES string of the molecule is COC1CN(c2cc(C3CNC(=O)NC3=O)nn3ccnc23)CC1(F)F. The van der Waals surface area contributed by atoms with Crippen LogP contribution in [0.4, 0.5) is 19.3 Å². The van der Waals surface area contributed by atoms with E-state index in [-0.39, 0.29) is 13.1 Å². The van der Waals surface area contributed by atoms with E-state index >= 15 is 0 Å². The molecule has 0 saturated carbocycles. The van der Waals surface area contributed by atoms with Gasteiger partial charge in [-0.05, 0) is 6.07 Å². The summed E-state index contributed by atoms with van der Waals surface area (Å²) in [6.45, 7) is -0.456. The molecule has 0 aliphatic carbocycles. The molecule has 2 aliphatic heterocycles. The Morgan fingerprint density at radius 1 is 1.38 bits per heavy atom. The van der Waals surface area contributed by atoms with Gasteiger partial charge >= 0.3 is 6.03 Å². The second-order valence-electron chi connectivity index (χ2n) is 6.27. The summed E-state index contributed by atoms with van der Waals surface area (Å²) < 4.78 is 34.6. The number of nitrogens with zero attached hydrogens (tertiary/aromatic N) is 4. The van der Waals surface area contributed by atoms with Crippen molar-refractivity contribution < 1.29 is 23.1 Å². The number of amides is 3. The second kappa shape index (κ2) is 5.87. The first-order valence-corrected chi connectivity index (χ1v) is 7.97. The Hall–Kier alpha value is -2.82. The van der Waals surface area contributed by atoms with Crippen molar-refractivity contribution in [2.24, 2.45) is 0 Å². The second-order valence-corrected chi connectivity index (χ2v) is 6.27. The number of anilines is 1. The average molecular weight is 366 g/mol. The number of hydrogen-bond acceptors (Lipinski definition) is 6. The van der Waals surface area contributed by atoms with Crippen molar-refractivity contribution in [1.82, 2.24) is 25.2 Å². The number of carbonyl (C=O) groups excluding carboxylic acids is 2. The molecular formula is C15H16F2N6O3. The van der Waals surface area contributed by atoms with Gasteiger partial charge in [0.1, 0.15) is 6.10 Å². The molecule has 2 saturated heterocycles. The number of fused-ring (bicyclic) bond motifs is 1. The molecule has 4 rings (SSSR count). The first-order chi connectivity index (χ1) is 12.4. The summed E-state index contributed by atoms with van der Waals surface area (Å²) in [5, 5.41) is 9.05. The maximum Gasteiger partial charge on any atom is 0.321 e. The van der Waals surface area contributed by atoms with Crippen molar-refractivity contribution in [1.29, 1.82) is 0 Å². The van der Waals surface area contributed by atoms with Crippen LogP contribution in [0.3, 0.4) is 0 Å². The number of urea groups is 1. The van der Waals surface area contributed by atoms with Crippen LogP contribution in [0, 0.1) is 0 Å². The quantitative estimate of drug-likeness (QED) is 0.801. The molecule has 138 valence electrons. The molecule has 11 heteroatoms. The molecule has 2 N–H and O–H groups in total. The van der Waals surface area contributed by atoms with Crippen molar-refractivity contribution in [2.45, 2.75) is 17.9 Å². The predicted octanol–water partition coefficient (Wildman–Crippen LogP) is 0.123. The lowest BCUT2D eigenvalue weighted by Gasteiger charge is -2.24. The van der Waals surface area contributed by atoms with Crippen LogP contribution in [0.1, 0.15) is 11.6 Å². The summed E-state index contributed by atoms with van der Waals surface area (Å²) in [5.41, 5.74) is 1.19. The first kappa shape index (κ1) is 16.6. The van der Waals surface area contributed by atoms with E-state index in [1.165, 1.54) is 22.7 Å². The highest BCUT2D eigenvalue weighted by molar-refractivity contribution is 6.00. The molecule has 0 spiro atoms. The third-order valence-corrected chi connectivity index (χ3v) is 4.62. The van der Waals surface area contributed by atoms with Gasteiger partial charge in [-0.3, -0.25) is 10.1 Å². The van der Waals surface area contributed by atoms with Gasteiger partial charge in [0.2, 0.25) is 5.91 Å². The maximum atomic E-state index is 14.1. The number of halogens is 2. The lowest BCUT2D eigenvalue weighted by atomic mass is 10.0. The standard InChI is InChI=1S/C15H16F2N6O3/c1-26-11-6-22(7-15(11,16)17)10-4-9(21-23-3-2-18-12(10)23)8-5-19-14(25)20-13(8)24/h2-4,8,11H,5-7H2,1H3,(H2,19,20,24,25). The summed E-state index contributed by atoms with van der Waals surface area (Å²) in [4.78, 5) is 29.0. The largest absolute Gasteiger partial charge is 0.373 e. The van der Waals surface area contributed by atoms with Crippen LogP contribution in [-0.4, -0.2) is 65.3 Å². The monoisotopic (exact) mass is 366 g/mol. The molecule has 26 heavy (non-hydrogen) atoms. The van der Waals surface area contributed by atoms with Gasteiger partial charge in [-0.25, -0.2) is 23.1 Å². The zero-order valence-electron chi connectivity index (χ0n) is 13.8. The summed E-state index contributed by atoms with van der Waals surface area (Å²) in [7, 11) is 1.25. The normalized spacial score (nSPS) is 25.4. The molecule has 2 aliphatic rings. The van der Waals surface area contributed by atoms with Crippen LogP contribution in [-0.2, 0) is 9.53 Å². The molecule has 9 nitrogen and oxygen atoms in total. The number of imide groups is 1. The molecule has 2 aromatic rings. The Morgan fingerprint density at radius 3 is 2.88 bits per heavy atom. The number of rotatable bonds is 3. The zero-order chi connectivity index (χ0) is 18.5. The van der Waals surface area contributed by atoms with Crippen molar-refractivity contribution in [2.75, 3.05) is 31.6 Å². The van der Waals surface area contributed by atoms with Crippen LogP contribution >= 0.6 is 0 Å². The highest BCUT2D eigenvalue weighted by atomic mass is 19.3. The number of ether oxygens (including phenoxy) is 1. The van der Waals surface area contributed by atoms with Gasteiger partial charge in [0, 0.05) is 26.0 Å². The molecule has 2 aromatic heterocycles. The fourth-order valence-electron chi connectivity index (χ4n) is 3.28. The Balaban J connectivity index is 1.74. The summed E-state index contributed by atoms with van der Waals surface area (Å²) in [6, 6.07) is 0.996. The number of alkyl halides is 2. The molecule has 0 aromatic carbocycles. The summed E-state index contributed by atoms with van der Waals surface area (Å²) in [5.74, 6) is -4.22. The summed E-state index contributed by atoms with van der Waals surface area (Å²) >= 11 is 0. The van der Waals surface area contributed by atoms with Crippen LogP contribution in [0.25, 0.3) is 5.65 Å².